The van der Waals surface area contributed by atoms with Crippen LogP contribution in [0.25, 0.3) is 11.0 Å². The van der Waals surface area contributed by atoms with E-state index >= 15 is 0 Å². The fraction of sp³-hybridized carbons (Fsp3) is 0.100. The van der Waals surface area contributed by atoms with Crippen molar-refractivity contribution in [3.05, 3.63) is 36.1 Å². The van der Waals surface area contributed by atoms with Gasteiger partial charge in [-0.05, 0) is 12.1 Å². The quantitative estimate of drug-likeness (QED) is 0.700. The van der Waals surface area contributed by atoms with Crippen LogP contribution in [0.1, 0.15) is 5.76 Å². The molecule has 0 aliphatic heterocycles. The van der Waals surface area contributed by atoms with Gasteiger partial charge < -0.3 is 9.73 Å². The summed E-state index contributed by atoms with van der Waals surface area (Å²) in [4.78, 5) is 0.635. The monoisotopic (exact) mass is 191 g/mol. The van der Waals surface area contributed by atoms with Crippen LogP contribution in [0.15, 0.2) is 34.7 Å². The molecule has 66 valence electrons. The Bertz CT molecular complexity index is 414. The number of hydrogen-bond acceptors (Lipinski definition) is 2. The van der Waals surface area contributed by atoms with Gasteiger partial charge in [-0.3, -0.25) is 0 Å². The van der Waals surface area contributed by atoms with Gasteiger partial charge in [0, 0.05) is 12.4 Å². The molecule has 0 aliphatic rings. The van der Waals surface area contributed by atoms with Crippen LogP contribution < -0.4 is 5.32 Å². The summed E-state index contributed by atoms with van der Waals surface area (Å²) in [5, 5.41) is 3.96. The highest BCUT2D eigenvalue weighted by molar-refractivity contribution is 7.80. The molecular weight excluding hydrogens is 182 g/mol. The number of rotatable bonds is 1. The number of furan rings is 1. The molecule has 2 rings (SSSR count). The lowest BCUT2D eigenvalue weighted by molar-refractivity contribution is 0.603. The number of benzene rings is 1. The van der Waals surface area contributed by atoms with Crippen LogP contribution in [0.2, 0.25) is 0 Å². The van der Waals surface area contributed by atoms with Gasteiger partial charge in [-0.15, -0.1) is 0 Å². The Balaban J connectivity index is 2.56. The summed E-state index contributed by atoms with van der Waals surface area (Å²) in [6.07, 6.45) is 0. The predicted molar refractivity (Wildman–Crippen MR) is 57.0 cm³/mol. The van der Waals surface area contributed by atoms with Gasteiger partial charge in [0.1, 0.15) is 10.6 Å². The lowest BCUT2D eigenvalue weighted by Crippen LogP contribution is -2.15. The molecule has 0 amide bonds. The van der Waals surface area contributed by atoms with Gasteiger partial charge in [0.2, 0.25) is 0 Å². The van der Waals surface area contributed by atoms with E-state index in [-0.39, 0.29) is 0 Å². The fourth-order valence-corrected chi connectivity index (χ4v) is 1.32. The zero-order valence-corrected chi connectivity index (χ0v) is 8.02. The van der Waals surface area contributed by atoms with Crippen LogP contribution >= 0.6 is 12.2 Å². The normalized spacial score (nSPS) is 10.2. The summed E-state index contributed by atoms with van der Waals surface area (Å²) < 4.78 is 5.52. The Kier molecular flexibility index (Phi) is 2.02. The molecule has 1 heterocycles. The van der Waals surface area contributed by atoms with Crippen LogP contribution in [-0.2, 0) is 0 Å². The van der Waals surface area contributed by atoms with E-state index in [1.807, 2.05) is 30.3 Å². The van der Waals surface area contributed by atoms with Gasteiger partial charge in [-0.25, -0.2) is 0 Å². The van der Waals surface area contributed by atoms with E-state index in [2.05, 4.69) is 5.32 Å². The van der Waals surface area contributed by atoms with Gasteiger partial charge in [0.25, 0.3) is 0 Å². The number of fused-ring (bicyclic) bond motifs is 1. The summed E-state index contributed by atoms with van der Waals surface area (Å²) in [6, 6.07) is 9.79. The van der Waals surface area contributed by atoms with Crippen molar-refractivity contribution in [2.24, 2.45) is 0 Å². The Morgan fingerprint density at radius 2 is 2.15 bits per heavy atom. The second-order valence-corrected chi connectivity index (χ2v) is 3.14. The minimum absolute atomic E-state index is 0.635. The maximum atomic E-state index is 5.52. The van der Waals surface area contributed by atoms with Crippen LogP contribution in [0.3, 0.4) is 0 Å². The van der Waals surface area contributed by atoms with Crippen molar-refractivity contribution in [3.8, 4) is 0 Å². The van der Waals surface area contributed by atoms with Crippen molar-refractivity contribution in [1.82, 2.24) is 5.32 Å². The third-order valence-corrected chi connectivity index (χ3v) is 2.28. The maximum absolute atomic E-state index is 5.52. The lowest BCUT2D eigenvalue weighted by Gasteiger charge is -1.94. The van der Waals surface area contributed by atoms with Crippen molar-refractivity contribution in [2.45, 2.75) is 0 Å². The standard InChI is InChI=1S/C10H9NOS/c1-11-10(13)9-6-7-4-2-3-5-8(7)12-9/h2-6H,1H3,(H,11,13). The van der Waals surface area contributed by atoms with Crippen molar-refractivity contribution < 1.29 is 4.42 Å². The van der Waals surface area contributed by atoms with E-state index in [1.54, 1.807) is 7.05 Å². The molecule has 0 radical (unpaired) electrons. The molecule has 2 aromatic rings. The Hall–Kier alpha value is -1.35. The molecule has 0 saturated heterocycles. The van der Waals surface area contributed by atoms with E-state index in [4.69, 9.17) is 16.6 Å². The van der Waals surface area contributed by atoms with Gasteiger partial charge in [-0.1, -0.05) is 30.4 Å². The summed E-state index contributed by atoms with van der Waals surface area (Å²) >= 11 is 5.06. The van der Waals surface area contributed by atoms with E-state index in [0.717, 1.165) is 16.7 Å². The molecule has 2 nitrogen and oxygen atoms in total. The summed E-state index contributed by atoms with van der Waals surface area (Å²) in [5.41, 5.74) is 0.870. The molecule has 0 atom stereocenters. The third kappa shape index (κ3) is 1.42. The topological polar surface area (TPSA) is 25.2 Å². The maximum Gasteiger partial charge on any atom is 0.162 e. The molecule has 3 heteroatoms. The molecule has 1 aromatic heterocycles. The first-order valence-corrected chi connectivity index (χ1v) is 4.43. The zero-order valence-electron chi connectivity index (χ0n) is 7.20. The van der Waals surface area contributed by atoms with Gasteiger partial charge in [0.15, 0.2) is 5.76 Å². The SMILES string of the molecule is CNC(=S)c1cc2ccccc2o1. The van der Waals surface area contributed by atoms with E-state index < -0.39 is 0 Å². The highest BCUT2D eigenvalue weighted by Gasteiger charge is 2.05. The Morgan fingerprint density at radius 1 is 1.38 bits per heavy atom. The van der Waals surface area contributed by atoms with Crippen molar-refractivity contribution >= 4 is 28.2 Å². The van der Waals surface area contributed by atoms with Crippen LogP contribution in [0.5, 0.6) is 0 Å². The molecule has 1 N–H and O–H groups in total. The third-order valence-electron chi connectivity index (χ3n) is 1.88. The van der Waals surface area contributed by atoms with Crippen molar-refractivity contribution in [1.29, 1.82) is 0 Å². The molecule has 1 aromatic carbocycles. The molecule has 0 saturated carbocycles. The van der Waals surface area contributed by atoms with Crippen molar-refractivity contribution in [3.63, 3.8) is 0 Å². The molecule has 0 aliphatic carbocycles. The highest BCUT2D eigenvalue weighted by Crippen LogP contribution is 2.18. The fourth-order valence-electron chi connectivity index (χ4n) is 1.22. The van der Waals surface area contributed by atoms with Gasteiger partial charge in [0.05, 0.1) is 0 Å². The van der Waals surface area contributed by atoms with E-state index in [9.17, 15) is 0 Å². The number of nitrogens with one attached hydrogen (secondary N) is 1. The molecule has 0 unspecified atom stereocenters. The van der Waals surface area contributed by atoms with Crippen LogP contribution in [0.4, 0.5) is 0 Å². The lowest BCUT2D eigenvalue weighted by atomic mass is 10.2. The summed E-state index contributed by atoms with van der Waals surface area (Å²) in [7, 11) is 1.79. The van der Waals surface area contributed by atoms with Gasteiger partial charge in [-0.2, -0.15) is 0 Å². The van der Waals surface area contributed by atoms with Crippen LogP contribution in [-0.4, -0.2) is 12.0 Å². The van der Waals surface area contributed by atoms with E-state index in [0.29, 0.717) is 4.99 Å². The highest BCUT2D eigenvalue weighted by atomic mass is 32.1. The number of thiocarbonyl (C=S) groups is 1. The first-order valence-electron chi connectivity index (χ1n) is 4.02. The zero-order chi connectivity index (χ0) is 9.26. The second-order valence-electron chi connectivity index (χ2n) is 2.73. The first kappa shape index (κ1) is 8.26. The summed E-state index contributed by atoms with van der Waals surface area (Å²) in [6.45, 7) is 0. The molecule has 0 bridgehead atoms. The largest absolute Gasteiger partial charge is 0.454 e. The minimum Gasteiger partial charge on any atom is -0.454 e. The Morgan fingerprint density at radius 3 is 2.85 bits per heavy atom. The molecule has 0 spiro atoms. The molecule has 0 fully saturated rings. The molecular formula is C10H9NOS. The average molecular weight is 191 g/mol. The smallest absolute Gasteiger partial charge is 0.162 e. The second kappa shape index (κ2) is 3.18. The first-order chi connectivity index (χ1) is 6.31. The number of hydrogen-bond donors (Lipinski definition) is 1. The predicted octanol–water partition coefficient (Wildman–Crippen LogP) is 2.33. The number of para-hydroxylation sites is 1. The molecule has 13 heavy (non-hydrogen) atoms. The van der Waals surface area contributed by atoms with Gasteiger partial charge >= 0.3 is 0 Å². The van der Waals surface area contributed by atoms with Crippen molar-refractivity contribution in [2.75, 3.05) is 7.05 Å². The van der Waals surface area contributed by atoms with Crippen LogP contribution in [0, 0.1) is 0 Å². The minimum atomic E-state index is 0.635. The average Bonchev–Trinajstić information content (AvgIpc) is 2.59. The van der Waals surface area contributed by atoms with E-state index in [1.165, 1.54) is 0 Å². The Labute approximate surface area is 81.5 Å². The summed E-state index contributed by atoms with van der Waals surface area (Å²) in [5.74, 6) is 0.721.